The monoisotopic (exact) mass is 602 g/mol. The maximum Gasteiger partial charge on any atom is 0.335 e. The van der Waals surface area contributed by atoms with Gasteiger partial charge in [0.25, 0.3) is 11.1 Å². The summed E-state index contributed by atoms with van der Waals surface area (Å²) in [6, 6.07) is 19.2. The van der Waals surface area contributed by atoms with Gasteiger partial charge in [-0.05, 0) is 67.9 Å². The molecule has 5 aromatic rings. The number of carbonyl (C=O) groups is 2. The fraction of sp³-hybridized carbons (Fsp3) is 0.103. The van der Waals surface area contributed by atoms with Gasteiger partial charge in [0.2, 0.25) is 0 Å². The Labute approximate surface area is 235 Å². The van der Waals surface area contributed by atoms with E-state index in [1.165, 1.54) is 33.6 Å². The molecule has 5 rings (SSSR count). The van der Waals surface area contributed by atoms with E-state index in [0.717, 1.165) is 4.47 Å². The number of carboxylic acid groups (broad SMARTS) is 2. The van der Waals surface area contributed by atoms with Crippen molar-refractivity contribution in [2.45, 2.75) is 19.8 Å². The van der Waals surface area contributed by atoms with E-state index in [4.69, 9.17) is 0 Å². The Morgan fingerprint density at radius 2 is 1.15 bits per heavy atom. The van der Waals surface area contributed by atoms with E-state index < -0.39 is 29.0 Å². The molecule has 0 fully saturated rings. The first-order valence-electron chi connectivity index (χ1n) is 12.1. The van der Waals surface area contributed by atoms with Crippen LogP contribution in [0, 0.1) is 13.8 Å². The van der Waals surface area contributed by atoms with Gasteiger partial charge in [0.05, 0.1) is 33.6 Å². The van der Waals surface area contributed by atoms with Gasteiger partial charge < -0.3 is 10.2 Å². The molecule has 0 spiro atoms. The minimum atomic E-state index is -1.12. The highest BCUT2D eigenvalue weighted by Gasteiger charge is 2.31. The summed E-state index contributed by atoms with van der Waals surface area (Å²) in [5.41, 5.74) is 2.15. The number of nitrogens with one attached hydrogen (secondary N) is 2. The Morgan fingerprint density at radius 1 is 0.725 bits per heavy atom. The summed E-state index contributed by atoms with van der Waals surface area (Å²) in [6.07, 6.45) is 0. The Kier molecular flexibility index (Phi) is 6.90. The van der Waals surface area contributed by atoms with E-state index in [1.807, 2.05) is 24.3 Å². The summed E-state index contributed by atoms with van der Waals surface area (Å²) in [6.45, 7) is 3.44. The normalized spacial score (nSPS) is 11.2. The van der Waals surface area contributed by atoms with Crippen LogP contribution in [0.2, 0.25) is 0 Å². The second-order valence-corrected chi connectivity index (χ2v) is 10.2. The quantitative estimate of drug-likeness (QED) is 0.214. The first-order chi connectivity index (χ1) is 19.1. The second kappa shape index (κ2) is 10.3. The molecule has 0 bridgehead atoms. The molecule has 3 aromatic carbocycles. The Bertz CT molecular complexity index is 1780. The van der Waals surface area contributed by atoms with Crippen LogP contribution in [0.25, 0.3) is 11.4 Å². The van der Waals surface area contributed by atoms with E-state index in [-0.39, 0.29) is 11.1 Å². The summed E-state index contributed by atoms with van der Waals surface area (Å²) in [5, 5.41) is 24.9. The second-order valence-electron chi connectivity index (χ2n) is 9.28. The minimum Gasteiger partial charge on any atom is -0.478 e. The molecule has 0 aliphatic heterocycles. The lowest BCUT2D eigenvalue weighted by Gasteiger charge is -2.16. The molecule has 0 atom stereocenters. The summed E-state index contributed by atoms with van der Waals surface area (Å²) >= 11 is 3.43. The standard InChI is InChI=1S/C29H23BrN4O6/c1-15-23(26(35)33(31-15)21-7-3-5-18(13-21)28(37)38)25(17-9-11-20(30)12-10-17)24-16(2)32-34(27(24)36)22-8-4-6-19(14-22)29(39)40/h3-14,25,31-32H,1-2H3,(H,37,38)(H,39,40). The van der Waals surface area contributed by atoms with Crippen molar-refractivity contribution >= 4 is 27.9 Å². The summed E-state index contributed by atoms with van der Waals surface area (Å²) in [5.74, 6) is -3.04. The van der Waals surface area contributed by atoms with Crippen LogP contribution in [0.3, 0.4) is 0 Å². The number of aromatic carboxylic acids is 2. The number of benzene rings is 3. The van der Waals surface area contributed by atoms with Crippen molar-refractivity contribution < 1.29 is 19.8 Å². The lowest BCUT2D eigenvalue weighted by molar-refractivity contribution is 0.0686. The third-order valence-electron chi connectivity index (χ3n) is 6.72. The van der Waals surface area contributed by atoms with Gasteiger partial charge in [-0.3, -0.25) is 19.8 Å². The Hall–Kier alpha value is -4.90. The van der Waals surface area contributed by atoms with Gasteiger partial charge >= 0.3 is 11.9 Å². The molecule has 10 nitrogen and oxygen atoms in total. The van der Waals surface area contributed by atoms with Crippen LogP contribution in [0.4, 0.5) is 0 Å². The molecule has 0 saturated carbocycles. The van der Waals surface area contributed by atoms with Gasteiger partial charge in [-0.1, -0.05) is 40.2 Å². The molecule has 0 aliphatic carbocycles. The first-order valence-corrected chi connectivity index (χ1v) is 12.9. The number of H-pyrrole nitrogens is 2. The number of rotatable bonds is 7. The smallest absolute Gasteiger partial charge is 0.335 e. The van der Waals surface area contributed by atoms with Crippen LogP contribution in [-0.4, -0.2) is 41.7 Å². The molecule has 11 heteroatoms. The molecule has 2 heterocycles. The first kappa shape index (κ1) is 26.7. The zero-order valence-electron chi connectivity index (χ0n) is 21.3. The molecule has 0 saturated heterocycles. The van der Waals surface area contributed by atoms with E-state index >= 15 is 0 Å². The number of aromatic nitrogens is 4. The van der Waals surface area contributed by atoms with Crippen molar-refractivity contribution in [3.8, 4) is 11.4 Å². The highest BCUT2D eigenvalue weighted by atomic mass is 79.9. The molecule has 40 heavy (non-hydrogen) atoms. The number of aromatic amines is 2. The van der Waals surface area contributed by atoms with Crippen LogP contribution in [0.1, 0.15) is 54.7 Å². The molecule has 0 amide bonds. The van der Waals surface area contributed by atoms with Gasteiger partial charge in [0, 0.05) is 21.8 Å². The summed E-state index contributed by atoms with van der Waals surface area (Å²) in [4.78, 5) is 50.9. The van der Waals surface area contributed by atoms with Crippen molar-refractivity contribution in [1.82, 2.24) is 19.6 Å². The maximum atomic E-state index is 13.9. The molecule has 4 N–H and O–H groups in total. The third kappa shape index (κ3) is 4.71. The number of hydrogen-bond donors (Lipinski definition) is 4. The third-order valence-corrected chi connectivity index (χ3v) is 7.25. The van der Waals surface area contributed by atoms with Crippen LogP contribution in [-0.2, 0) is 0 Å². The van der Waals surface area contributed by atoms with E-state index in [0.29, 0.717) is 39.5 Å². The number of hydrogen-bond acceptors (Lipinski definition) is 4. The van der Waals surface area contributed by atoms with Crippen molar-refractivity contribution in [1.29, 1.82) is 0 Å². The Balaban J connectivity index is 1.74. The van der Waals surface area contributed by atoms with Crippen molar-refractivity contribution in [3.63, 3.8) is 0 Å². The topological polar surface area (TPSA) is 150 Å². The predicted molar refractivity (Wildman–Crippen MR) is 151 cm³/mol. The Morgan fingerprint density at radius 3 is 1.55 bits per heavy atom. The van der Waals surface area contributed by atoms with Gasteiger partial charge in [-0.15, -0.1) is 0 Å². The van der Waals surface area contributed by atoms with E-state index in [2.05, 4.69) is 26.1 Å². The number of aryl methyl sites for hydroxylation is 2. The molecule has 202 valence electrons. The summed E-state index contributed by atoms with van der Waals surface area (Å²) in [7, 11) is 0. The van der Waals surface area contributed by atoms with Crippen molar-refractivity contribution in [2.75, 3.05) is 0 Å². The van der Waals surface area contributed by atoms with Gasteiger partial charge in [-0.25, -0.2) is 19.0 Å². The lowest BCUT2D eigenvalue weighted by Crippen LogP contribution is -2.25. The van der Waals surface area contributed by atoms with Gasteiger partial charge in [0.1, 0.15) is 0 Å². The molecule has 0 unspecified atom stereocenters. The van der Waals surface area contributed by atoms with Crippen LogP contribution in [0.15, 0.2) is 86.9 Å². The van der Waals surface area contributed by atoms with Gasteiger partial charge in [0.15, 0.2) is 0 Å². The maximum absolute atomic E-state index is 13.9. The minimum absolute atomic E-state index is 0.0237. The number of nitrogens with zero attached hydrogens (tertiary/aromatic N) is 2. The van der Waals surface area contributed by atoms with Gasteiger partial charge in [-0.2, -0.15) is 0 Å². The molecule has 2 aromatic heterocycles. The molecule has 0 radical (unpaired) electrons. The molecule has 0 aliphatic rings. The zero-order valence-corrected chi connectivity index (χ0v) is 22.9. The highest BCUT2D eigenvalue weighted by molar-refractivity contribution is 9.10. The van der Waals surface area contributed by atoms with Crippen LogP contribution in [0.5, 0.6) is 0 Å². The van der Waals surface area contributed by atoms with E-state index in [9.17, 15) is 29.4 Å². The average molecular weight is 603 g/mol. The predicted octanol–water partition coefficient (Wildman–Crippen LogP) is 4.60. The molecular weight excluding hydrogens is 580 g/mol. The van der Waals surface area contributed by atoms with Crippen LogP contribution < -0.4 is 11.1 Å². The highest BCUT2D eigenvalue weighted by Crippen LogP contribution is 2.33. The fourth-order valence-electron chi connectivity index (χ4n) is 4.85. The molecular formula is C29H23BrN4O6. The zero-order chi connectivity index (χ0) is 28.7. The van der Waals surface area contributed by atoms with Crippen LogP contribution >= 0.6 is 15.9 Å². The number of carboxylic acids is 2. The van der Waals surface area contributed by atoms with Crippen molar-refractivity contribution in [2.24, 2.45) is 0 Å². The SMILES string of the molecule is Cc1[nH]n(-c2cccc(C(=O)O)c2)c(=O)c1C(c1ccc(Br)cc1)c1c(C)[nH]n(-c2cccc(C(=O)O)c2)c1=O. The van der Waals surface area contributed by atoms with Crippen molar-refractivity contribution in [3.05, 3.63) is 137 Å². The fourth-order valence-corrected chi connectivity index (χ4v) is 5.12. The van der Waals surface area contributed by atoms with E-state index in [1.54, 1.807) is 38.1 Å². The number of halogens is 1. The summed E-state index contributed by atoms with van der Waals surface area (Å²) < 4.78 is 3.34. The largest absolute Gasteiger partial charge is 0.478 e. The lowest BCUT2D eigenvalue weighted by atomic mass is 9.85. The average Bonchev–Trinajstić information content (AvgIpc) is 3.40.